The second-order valence-electron chi connectivity index (χ2n) is 7.05. The molecule has 1 fully saturated rings. The van der Waals surface area contributed by atoms with E-state index in [1.54, 1.807) is 13.8 Å². The smallest absolute Gasteiger partial charge is 0.311 e. The van der Waals surface area contributed by atoms with Crippen molar-refractivity contribution >= 4 is 17.3 Å². The zero-order chi connectivity index (χ0) is 17.2. The van der Waals surface area contributed by atoms with Gasteiger partial charge in [0, 0.05) is 11.8 Å². The molecule has 2 aromatic rings. The van der Waals surface area contributed by atoms with Crippen LogP contribution in [0.15, 0.2) is 9.80 Å². The number of aromatic nitrogens is 3. The van der Waals surface area contributed by atoms with Crippen LogP contribution >= 0.6 is 11.3 Å². The SMILES string of the molecule is COC(=O)C(C)(C)Cc1nnc(-c2nc(CC3CCCC3)cs2)o1. The van der Waals surface area contributed by atoms with Gasteiger partial charge in [-0.3, -0.25) is 4.79 Å². The Morgan fingerprint density at radius 2 is 2.12 bits per heavy atom. The first-order valence-corrected chi connectivity index (χ1v) is 9.21. The molecular weight excluding hydrogens is 326 g/mol. The highest BCUT2D eigenvalue weighted by Crippen LogP contribution is 2.31. The van der Waals surface area contributed by atoms with E-state index in [1.807, 2.05) is 0 Å². The van der Waals surface area contributed by atoms with Crippen molar-refractivity contribution in [2.75, 3.05) is 7.11 Å². The molecular formula is C17H23N3O3S. The van der Waals surface area contributed by atoms with Crippen molar-refractivity contribution in [2.24, 2.45) is 11.3 Å². The number of carbonyl (C=O) groups is 1. The molecule has 0 saturated heterocycles. The van der Waals surface area contributed by atoms with Crippen LogP contribution in [0.2, 0.25) is 0 Å². The molecule has 0 spiro atoms. The summed E-state index contributed by atoms with van der Waals surface area (Å²) >= 11 is 1.53. The maximum atomic E-state index is 11.8. The van der Waals surface area contributed by atoms with Gasteiger partial charge in [0.2, 0.25) is 5.89 Å². The second kappa shape index (κ2) is 7.01. The Labute approximate surface area is 145 Å². The van der Waals surface area contributed by atoms with E-state index in [2.05, 4.69) is 20.6 Å². The van der Waals surface area contributed by atoms with Crippen molar-refractivity contribution in [3.05, 3.63) is 17.0 Å². The summed E-state index contributed by atoms with van der Waals surface area (Å²) in [7, 11) is 1.38. The first kappa shape index (κ1) is 17.1. The lowest BCUT2D eigenvalue weighted by atomic mass is 9.89. The van der Waals surface area contributed by atoms with Crippen molar-refractivity contribution in [1.29, 1.82) is 0 Å². The number of ether oxygens (including phenoxy) is 1. The molecule has 0 aliphatic heterocycles. The summed E-state index contributed by atoms with van der Waals surface area (Å²) in [5, 5.41) is 11.0. The van der Waals surface area contributed by atoms with E-state index in [9.17, 15) is 4.79 Å². The fraction of sp³-hybridized carbons (Fsp3) is 0.647. The van der Waals surface area contributed by atoms with E-state index >= 15 is 0 Å². The van der Waals surface area contributed by atoms with Crippen LogP contribution in [0.25, 0.3) is 10.9 Å². The minimum absolute atomic E-state index is 0.296. The summed E-state index contributed by atoms with van der Waals surface area (Å²) in [4.78, 5) is 16.4. The molecule has 0 amide bonds. The summed E-state index contributed by atoms with van der Waals surface area (Å²) in [6.45, 7) is 3.59. The predicted molar refractivity (Wildman–Crippen MR) is 90.6 cm³/mol. The van der Waals surface area contributed by atoms with Crippen molar-refractivity contribution < 1.29 is 13.9 Å². The molecule has 7 heteroatoms. The lowest BCUT2D eigenvalue weighted by Crippen LogP contribution is -2.28. The van der Waals surface area contributed by atoms with Crippen LogP contribution in [0.5, 0.6) is 0 Å². The molecule has 1 aliphatic carbocycles. The van der Waals surface area contributed by atoms with E-state index in [1.165, 1.54) is 44.1 Å². The largest absolute Gasteiger partial charge is 0.469 e. The van der Waals surface area contributed by atoms with Crippen molar-refractivity contribution in [3.63, 3.8) is 0 Å². The lowest BCUT2D eigenvalue weighted by Gasteiger charge is -2.18. The van der Waals surface area contributed by atoms with Crippen LogP contribution in [-0.2, 0) is 22.4 Å². The minimum Gasteiger partial charge on any atom is -0.469 e. The number of carbonyl (C=O) groups excluding carboxylic acids is 1. The maximum Gasteiger partial charge on any atom is 0.311 e. The van der Waals surface area contributed by atoms with E-state index in [0.29, 0.717) is 18.2 Å². The third-order valence-corrected chi connectivity index (χ3v) is 5.38. The molecule has 6 nitrogen and oxygen atoms in total. The van der Waals surface area contributed by atoms with Gasteiger partial charge in [-0.05, 0) is 26.2 Å². The number of hydrogen-bond donors (Lipinski definition) is 0. The van der Waals surface area contributed by atoms with Gasteiger partial charge in [-0.1, -0.05) is 25.7 Å². The van der Waals surface area contributed by atoms with Crippen LogP contribution in [-0.4, -0.2) is 28.3 Å². The highest BCUT2D eigenvalue weighted by molar-refractivity contribution is 7.13. The van der Waals surface area contributed by atoms with Crippen LogP contribution < -0.4 is 0 Å². The van der Waals surface area contributed by atoms with Crippen LogP contribution in [0.3, 0.4) is 0 Å². The van der Waals surface area contributed by atoms with Gasteiger partial charge in [-0.2, -0.15) is 0 Å². The molecule has 1 aliphatic rings. The monoisotopic (exact) mass is 349 g/mol. The Balaban J connectivity index is 1.67. The average molecular weight is 349 g/mol. The van der Waals surface area contributed by atoms with Gasteiger partial charge in [0.1, 0.15) is 0 Å². The van der Waals surface area contributed by atoms with Gasteiger partial charge in [-0.15, -0.1) is 21.5 Å². The van der Waals surface area contributed by atoms with Crippen LogP contribution in [0, 0.1) is 11.3 Å². The Bertz CT molecular complexity index is 702. The Morgan fingerprint density at radius 3 is 2.83 bits per heavy atom. The lowest BCUT2D eigenvalue weighted by molar-refractivity contribution is -0.150. The van der Waals surface area contributed by atoms with E-state index in [4.69, 9.17) is 9.15 Å². The highest BCUT2D eigenvalue weighted by atomic mass is 32.1. The number of esters is 1. The molecule has 24 heavy (non-hydrogen) atoms. The molecule has 0 atom stereocenters. The summed E-state index contributed by atoms with van der Waals surface area (Å²) in [5.41, 5.74) is 0.409. The fourth-order valence-electron chi connectivity index (χ4n) is 3.15. The van der Waals surface area contributed by atoms with Gasteiger partial charge in [0.15, 0.2) is 5.01 Å². The predicted octanol–water partition coefficient (Wildman–Crippen LogP) is 3.67. The molecule has 3 rings (SSSR count). The maximum absolute atomic E-state index is 11.8. The van der Waals surface area contributed by atoms with Crippen molar-refractivity contribution in [3.8, 4) is 10.9 Å². The van der Waals surface area contributed by atoms with Gasteiger partial charge in [0.05, 0.1) is 18.2 Å². The summed E-state index contributed by atoms with van der Waals surface area (Å²) < 4.78 is 10.5. The minimum atomic E-state index is -0.699. The molecule has 2 aromatic heterocycles. The molecule has 130 valence electrons. The van der Waals surface area contributed by atoms with Crippen molar-refractivity contribution in [1.82, 2.24) is 15.2 Å². The standard InChI is InChI=1S/C17H23N3O3S/c1-17(2,16(21)22-3)9-13-19-20-14(23-13)15-18-12(10-24-15)8-11-6-4-5-7-11/h10-11H,4-9H2,1-3H3. The molecule has 0 unspecified atom stereocenters. The van der Waals surface area contributed by atoms with Crippen LogP contribution in [0.4, 0.5) is 0 Å². The molecule has 2 heterocycles. The van der Waals surface area contributed by atoms with E-state index in [-0.39, 0.29) is 5.97 Å². The number of methoxy groups -OCH3 is 1. The third-order valence-electron chi connectivity index (χ3n) is 4.51. The average Bonchev–Trinajstić information content (AvgIpc) is 3.28. The molecule has 0 N–H and O–H groups in total. The summed E-state index contributed by atoms with van der Waals surface area (Å²) in [6.07, 6.45) is 6.66. The number of rotatable bonds is 6. The molecule has 0 bridgehead atoms. The quantitative estimate of drug-likeness (QED) is 0.741. The van der Waals surface area contributed by atoms with Crippen LogP contribution in [0.1, 0.15) is 51.1 Å². The zero-order valence-electron chi connectivity index (χ0n) is 14.4. The molecule has 0 aromatic carbocycles. The zero-order valence-corrected chi connectivity index (χ0v) is 15.2. The summed E-state index contributed by atoms with van der Waals surface area (Å²) in [6, 6.07) is 0. The molecule has 0 radical (unpaired) electrons. The molecule has 1 saturated carbocycles. The normalized spacial score (nSPS) is 15.8. The van der Waals surface area contributed by atoms with Gasteiger partial charge < -0.3 is 9.15 Å². The van der Waals surface area contributed by atoms with E-state index in [0.717, 1.165) is 23.0 Å². The first-order valence-electron chi connectivity index (χ1n) is 8.33. The van der Waals surface area contributed by atoms with Gasteiger partial charge in [-0.25, -0.2) is 4.98 Å². The topological polar surface area (TPSA) is 78.1 Å². The Hall–Kier alpha value is -1.76. The van der Waals surface area contributed by atoms with E-state index < -0.39 is 5.41 Å². The fourth-order valence-corrected chi connectivity index (χ4v) is 3.90. The second-order valence-corrected chi connectivity index (χ2v) is 7.91. The van der Waals surface area contributed by atoms with Crippen molar-refractivity contribution in [2.45, 2.75) is 52.4 Å². The highest BCUT2D eigenvalue weighted by Gasteiger charge is 2.31. The Kier molecular flexibility index (Phi) is 4.99. The number of nitrogens with zero attached hydrogens (tertiary/aromatic N) is 3. The number of thiazole rings is 1. The third kappa shape index (κ3) is 3.83. The summed E-state index contributed by atoms with van der Waals surface area (Å²) in [5.74, 6) is 1.32. The number of hydrogen-bond acceptors (Lipinski definition) is 7. The van der Waals surface area contributed by atoms with Gasteiger partial charge >= 0.3 is 5.97 Å². The first-order chi connectivity index (χ1) is 11.5. The van der Waals surface area contributed by atoms with Gasteiger partial charge in [0.25, 0.3) is 5.89 Å². The Morgan fingerprint density at radius 1 is 1.38 bits per heavy atom.